The van der Waals surface area contributed by atoms with E-state index in [2.05, 4.69) is 31.0 Å². The van der Waals surface area contributed by atoms with Crippen molar-refractivity contribution in [3.63, 3.8) is 0 Å². The summed E-state index contributed by atoms with van der Waals surface area (Å²) in [5.41, 5.74) is 0. The molecule has 1 unspecified atom stereocenters. The number of unbranched alkanes of at least 4 members (excludes halogenated alkanes) is 9. The Morgan fingerprint density at radius 2 is 1.65 bits per heavy atom. The maximum atomic E-state index is 9.31. The number of quaternary nitrogens is 1. The van der Waals surface area contributed by atoms with Gasteiger partial charge in [-0.1, -0.05) is 64.4 Å². The molecule has 1 N–H and O–H groups in total. The molecule has 134 valence electrons. The van der Waals surface area contributed by atoms with Crippen molar-refractivity contribution in [2.24, 2.45) is 4.99 Å². The van der Waals surface area contributed by atoms with Gasteiger partial charge in [-0.05, 0) is 19.8 Å². The molecule has 3 nitrogen and oxygen atoms in total. The maximum Gasteiger partial charge on any atom is 0.222 e. The summed E-state index contributed by atoms with van der Waals surface area (Å²) in [5.74, 6) is 1.18. The van der Waals surface area contributed by atoms with Gasteiger partial charge < -0.3 is 5.11 Å². The van der Waals surface area contributed by atoms with E-state index in [-0.39, 0.29) is 6.61 Å². The molecule has 0 aliphatic carbocycles. The Labute approximate surface area is 144 Å². The van der Waals surface area contributed by atoms with Crippen LogP contribution in [0.2, 0.25) is 0 Å². The standard InChI is InChI=1S/C20H39N2O/c1-3-5-6-7-8-9-10-11-12-13-14-15-20-21-16-17-22(20,4-2)18-19-23/h14-15,23H,3-13,16-19H2,1-2H3/q+1/b15-14+. The molecule has 23 heavy (non-hydrogen) atoms. The third-order valence-corrected chi connectivity index (χ3v) is 5.16. The van der Waals surface area contributed by atoms with E-state index in [0.29, 0.717) is 0 Å². The lowest BCUT2D eigenvalue weighted by molar-refractivity contribution is -0.832. The predicted octanol–water partition coefficient (Wildman–Crippen LogP) is 4.70. The molecule has 1 rings (SSSR count). The number of aliphatic hydroxyl groups excluding tert-OH is 1. The van der Waals surface area contributed by atoms with Crippen LogP contribution in [0.25, 0.3) is 0 Å². The zero-order chi connectivity index (χ0) is 16.8. The SMILES string of the molecule is CCCCCCCCCCC/C=C/C1=NCC[N+]1(CC)CCO. The first kappa shape index (κ1) is 20.4. The third kappa shape index (κ3) is 7.63. The van der Waals surface area contributed by atoms with Crippen molar-refractivity contribution in [1.82, 2.24) is 0 Å². The Balaban J connectivity index is 2.10. The van der Waals surface area contributed by atoms with Crippen LogP contribution in [-0.4, -0.2) is 48.2 Å². The molecule has 1 atom stereocenters. The predicted molar refractivity (Wildman–Crippen MR) is 101 cm³/mol. The van der Waals surface area contributed by atoms with Crippen LogP contribution in [0.15, 0.2) is 17.1 Å². The minimum absolute atomic E-state index is 0.249. The van der Waals surface area contributed by atoms with E-state index in [1.54, 1.807) is 0 Å². The fourth-order valence-electron chi connectivity index (χ4n) is 3.49. The highest BCUT2D eigenvalue weighted by atomic mass is 16.3. The Morgan fingerprint density at radius 3 is 2.26 bits per heavy atom. The van der Waals surface area contributed by atoms with Crippen LogP contribution in [-0.2, 0) is 0 Å². The quantitative estimate of drug-likeness (QED) is 0.364. The van der Waals surface area contributed by atoms with Gasteiger partial charge in [0, 0.05) is 6.08 Å². The molecule has 1 aliphatic rings. The van der Waals surface area contributed by atoms with Crippen molar-refractivity contribution in [1.29, 1.82) is 0 Å². The lowest BCUT2D eigenvalue weighted by Gasteiger charge is -2.31. The summed E-state index contributed by atoms with van der Waals surface area (Å²) < 4.78 is 0.866. The van der Waals surface area contributed by atoms with Gasteiger partial charge in [0.05, 0.1) is 19.7 Å². The van der Waals surface area contributed by atoms with Gasteiger partial charge in [-0.25, -0.2) is 4.99 Å². The van der Waals surface area contributed by atoms with Crippen LogP contribution < -0.4 is 0 Å². The average molecular weight is 324 g/mol. The van der Waals surface area contributed by atoms with Gasteiger partial charge >= 0.3 is 0 Å². The van der Waals surface area contributed by atoms with Crippen LogP contribution in [0.5, 0.6) is 0 Å². The molecule has 0 saturated heterocycles. The van der Waals surface area contributed by atoms with E-state index in [1.165, 1.54) is 63.6 Å². The van der Waals surface area contributed by atoms with E-state index >= 15 is 0 Å². The normalized spacial score (nSPS) is 21.3. The van der Waals surface area contributed by atoms with Crippen LogP contribution >= 0.6 is 0 Å². The molecule has 0 aromatic carbocycles. The van der Waals surface area contributed by atoms with Crippen LogP contribution in [0.3, 0.4) is 0 Å². The number of allylic oxidation sites excluding steroid dienone is 1. The van der Waals surface area contributed by atoms with Crippen LogP contribution in [0.4, 0.5) is 0 Å². The summed E-state index contributed by atoms with van der Waals surface area (Å²) in [7, 11) is 0. The van der Waals surface area contributed by atoms with Crippen molar-refractivity contribution in [2.45, 2.75) is 78.1 Å². The van der Waals surface area contributed by atoms with E-state index in [1.807, 2.05) is 0 Å². The molecule has 1 heterocycles. The lowest BCUT2D eigenvalue weighted by atomic mass is 10.1. The highest BCUT2D eigenvalue weighted by Gasteiger charge is 2.34. The van der Waals surface area contributed by atoms with Gasteiger partial charge in [-0.15, -0.1) is 0 Å². The van der Waals surface area contributed by atoms with Crippen molar-refractivity contribution in [2.75, 3.05) is 32.8 Å². The van der Waals surface area contributed by atoms with Gasteiger partial charge in [0.2, 0.25) is 5.84 Å². The summed E-state index contributed by atoms with van der Waals surface area (Å²) in [5, 5.41) is 9.31. The van der Waals surface area contributed by atoms with Gasteiger partial charge in [0.25, 0.3) is 0 Å². The Bertz CT molecular complexity index is 352. The van der Waals surface area contributed by atoms with E-state index in [9.17, 15) is 5.11 Å². The number of aliphatic imine (C=N–C) groups is 1. The highest BCUT2D eigenvalue weighted by molar-refractivity contribution is 5.88. The summed E-state index contributed by atoms with van der Waals surface area (Å²) >= 11 is 0. The van der Waals surface area contributed by atoms with E-state index in [0.717, 1.165) is 37.1 Å². The average Bonchev–Trinajstić information content (AvgIpc) is 2.96. The number of hydrogen-bond donors (Lipinski definition) is 1. The lowest BCUT2D eigenvalue weighted by Crippen LogP contribution is -2.51. The topological polar surface area (TPSA) is 32.6 Å². The second-order valence-corrected chi connectivity index (χ2v) is 6.89. The summed E-state index contributed by atoms with van der Waals surface area (Å²) in [6.45, 7) is 8.52. The van der Waals surface area contributed by atoms with E-state index in [4.69, 9.17) is 0 Å². The Kier molecular flexibility index (Phi) is 11.3. The molecule has 3 heteroatoms. The Morgan fingerprint density at radius 1 is 1.00 bits per heavy atom. The number of rotatable bonds is 14. The minimum Gasteiger partial charge on any atom is -0.390 e. The molecule has 0 fully saturated rings. The number of hydrogen-bond acceptors (Lipinski definition) is 2. The number of likely N-dealkylation sites (N-methyl/N-ethyl adjacent to an activating group) is 1. The van der Waals surface area contributed by atoms with Gasteiger partial charge in [0.1, 0.15) is 13.1 Å². The molecule has 0 aromatic rings. The highest BCUT2D eigenvalue weighted by Crippen LogP contribution is 2.16. The van der Waals surface area contributed by atoms with Crippen molar-refractivity contribution in [3.8, 4) is 0 Å². The van der Waals surface area contributed by atoms with Crippen molar-refractivity contribution >= 4 is 5.84 Å². The smallest absolute Gasteiger partial charge is 0.222 e. The summed E-state index contributed by atoms with van der Waals surface area (Å²) in [6.07, 6.45) is 18.1. The first-order valence-corrected chi connectivity index (χ1v) is 9.97. The molecule has 1 aliphatic heterocycles. The largest absolute Gasteiger partial charge is 0.390 e. The molecule has 0 aromatic heterocycles. The van der Waals surface area contributed by atoms with Crippen LogP contribution in [0, 0.1) is 0 Å². The molecule has 0 radical (unpaired) electrons. The zero-order valence-corrected chi connectivity index (χ0v) is 15.6. The number of amidine groups is 1. The number of aliphatic hydroxyl groups is 1. The fraction of sp³-hybridized carbons (Fsp3) is 0.850. The second kappa shape index (κ2) is 12.7. The third-order valence-electron chi connectivity index (χ3n) is 5.16. The molecular weight excluding hydrogens is 284 g/mol. The minimum atomic E-state index is 0.249. The van der Waals surface area contributed by atoms with Gasteiger partial charge in [-0.2, -0.15) is 0 Å². The second-order valence-electron chi connectivity index (χ2n) is 6.89. The summed E-state index contributed by atoms with van der Waals surface area (Å²) in [6, 6.07) is 0. The zero-order valence-electron chi connectivity index (χ0n) is 15.6. The molecule has 0 saturated carbocycles. The monoisotopic (exact) mass is 323 g/mol. The molecular formula is C20H39N2O+. The summed E-state index contributed by atoms with van der Waals surface area (Å²) in [4.78, 5) is 4.65. The van der Waals surface area contributed by atoms with Gasteiger partial charge in [0.15, 0.2) is 0 Å². The van der Waals surface area contributed by atoms with Crippen molar-refractivity contribution in [3.05, 3.63) is 12.2 Å². The van der Waals surface area contributed by atoms with Crippen molar-refractivity contribution < 1.29 is 9.59 Å². The first-order chi connectivity index (χ1) is 11.3. The van der Waals surface area contributed by atoms with Gasteiger partial charge in [-0.3, -0.25) is 4.48 Å². The first-order valence-electron chi connectivity index (χ1n) is 9.97. The molecule has 0 amide bonds. The fourth-order valence-corrected chi connectivity index (χ4v) is 3.49. The maximum absolute atomic E-state index is 9.31. The molecule has 0 bridgehead atoms. The van der Waals surface area contributed by atoms with E-state index < -0.39 is 0 Å². The van der Waals surface area contributed by atoms with Crippen LogP contribution in [0.1, 0.15) is 78.1 Å². The Hall–Kier alpha value is -0.670. The number of nitrogens with zero attached hydrogens (tertiary/aromatic N) is 2. The molecule has 0 spiro atoms.